The Hall–Kier alpha value is -6.50. The smallest absolute Gasteiger partial charge is 0.341 e. The minimum atomic E-state index is -0.643. The fourth-order valence-electron chi connectivity index (χ4n) is 5.62. The second kappa shape index (κ2) is 18.0. The summed E-state index contributed by atoms with van der Waals surface area (Å²) in [6.45, 7) is 3.44. The number of para-hydroxylation sites is 1. The number of fused-ring (bicyclic) bond motifs is 1. The van der Waals surface area contributed by atoms with Crippen LogP contribution in [0.15, 0.2) is 138 Å². The van der Waals surface area contributed by atoms with Crippen molar-refractivity contribution in [1.29, 1.82) is 0 Å². The number of esters is 1. The van der Waals surface area contributed by atoms with Gasteiger partial charge in [0.05, 0.1) is 22.8 Å². The van der Waals surface area contributed by atoms with E-state index in [4.69, 9.17) is 4.74 Å². The van der Waals surface area contributed by atoms with Crippen molar-refractivity contribution in [2.45, 2.75) is 18.7 Å². The predicted molar refractivity (Wildman–Crippen MR) is 220 cm³/mol. The number of anilines is 3. The molecule has 0 atom stereocenters. The number of hydrogen-bond acceptors (Lipinski definition) is 8. The number of benzene rings is 5. The zero-order valence-corrected chi connectivity index (χ0v) is 31.5. The highest BCUT2D eigenvalue weighted by atomic mass is 32.2. The van der Waals surface area contributed by atoms with Crippen molar-refractivity contribution in [3.05, 3.63) is 160 Å². The van der Waals surface area contributed by atoms with Crippen LogP contribution in [0.1, 0.15) is 48.4 Å². The number of nitrogens with one attached hydrogen (secondary N) is 4. The van der Waals surface area contributed by atoms with Crippen LogP contribution in [0.5, 0.6) is 0 Å². The van der Waals surface area contributed by atoms with E-state index in [0.717, 1.165) is 27.7 Å². The number of carbonyl (C=O) groups is 5. The Morgan fingerprint density at radius 3 is 2.16 bits per heavy atom. The monoisotopic (exact) mass is 768 g/mol. The minimum Gasteiger partial charge on any atom is -0.462 e. The van der Waals surface area contributed by atoms with E-state index >= 15 is 0 Å². The van der Waals surface area contributed by atoms with Gasteiger partial charge in [0.2, 0.25) is 5.91 Å². The topological polar surface area (TPSA) is 143 Å². The zero-order chi connectivity index (χ0) is 38.7. The Balaban J connectivity index is 1.16. The lowest BCUT2D eigenvalue weighted by Crippen LogP contribution is -2.30. The first-order valence-corrected chi connectivity index (χ1v) is 19.1. The van der Waals surface area contributed by atoms with Crippen LogP contribution < -0.4 is 21.3 Å². The molecule has 276 valence electrons. The number of ether oxygens (including phenoxy) is 1. The van der Waals surface area contributed by atoms with E-state index < -0.39 is 29.6 Å². The molecule has 0 radical (unpaired) electrons. The number of amides is 4. The quantitative estimate of drug-likeness (QED) is 0.0523. The van der Waals surface area contributed by atoms with Crippen LogP contribution in [0.25, 0.3) is 16.8 Å². The van der Waals surface area contributed by atoms with Crippen LogP contribution in [0, 0.1) is 6.92 Å². The van der Waals surface area contributed by atoms with Gasteiger partial charge in [-0.15, -0.1) is 23.1 Å². The SMILES string of the molecule is CCOC(=O)c1c(NC(=O)CSc2cccc(NC(=O)/C(=C\c3cccc4ccccc34)NC(=O)c3ccccc3)c2)sc(C(=O)Nc2ccccc2)c1C. The normalized spacial score (nSPS) is 11.1. The van der Waals surface area contributed by atoms with Gasteiger partial charge in [-0.2, -0.15) is 0 Å². The minimum absolute atomic E-state index is 0.0402. The van der Waals surface area contributed by atoms with Gasteiger partial charge in [-0.1, -0.05) is 84.9 Å². The summed E-state index contributed by atoms with van der Waals surface area (Å²) in [5.74, 6) is -2.48. The van der Waals surface area contributed by atoms with Crippen LogP contribution in [0.2, 0.25) is 0 Å². The van der Waals surface area contributed by atoms with Crippen LogP contribution in [-0.4, -0.2) is 42.0 Å². The van der Waals surface area contributed by atoms with E-state index in [1.54, 1.807) is 98.8 Å². The summed E-state index contributed by atoms with van der Waals surface area (Å²) in [5, 5.41) is 13.4. The van der Waals surface area contributed by atoms with Crippen LogP contribution in [0.3, 0.4) is 0 Å². The highest BCUT2D eigenvalue weighted by Crippen LogP contribution is 2.35. The zero-order valence-electron chi connectivity index (χ0n) is 29.9. The molecule has 0 fully saturated rings. The van der Waals surface area contributed by atoms with Gasteiger partial charge in [-0.05, 0) is 84.3 Å². The average Bonchev–Trinajstić information content (AvgIpc) is 3.52. The largest absolute Gasteiger partial charge is 0.462 e. The lowest BCUT2D eigenvalue weighted by Gasteiger charge is -2.13. The third kappa shape index (κ3) is 9.74. The Morgan fingerprint density at radius 2 is 1.40 bits per heavy atom. The molecule has 4 N–H and O–H groups in total. The van der Waals surface area contributed by atoms with Gasteiger partial charge in [-0.25, -0.2) is 4.79 Å². The third-order valence-electron chi connectivity index (χ3n) is 8.23. The number of carbonyl (C=O) groups excluding carboxylic acids is 5. The highest BCUT2D eigenvalue weighted by Gasteiger charge is 2.27. The molecule has 1 aromatic heterocycles. The van der Waals surface area contributed by atoms with Crippen molar-refractivity contribution >= 4 is 85.9 Å². The van der Waals surface area contributed by atoms with Crippen molar-refractivity contribution < 1.29 is 28.7 Å². The summed E-state index contributed by atoms with van der Waals surface area (Å²) >= 11 is 2.21. The summed E-state index contributed by atoms with van der Waals surface area (Å²) in [4.78, 5) is 67.3. The molecule has 0 bridgehead atoms. The van der Waals surface area contributed by atoms with E-state index in [9.17, 15) is 24.0 Å². The molecule has 10 nitrogen and oxygen atoms in total. The number of rotatable bonds is 13. The van der Waals surface area contributed by atoms with Gasteiger partial charge in [0.1, 0.15) is 10.7 Å². The van der Waals surface area contributed by atoms with Crippen molar-refractivity contribution in [3.63, 3.8) is 0 Å². The highest BCUT2D eigenvalue weighted by molar-refractivity contribution is 8.00. The van der Waals surface area contributed by atoms with Crippen molar-refractivity contribution in [1.82, 2.24) is 5.32 Å². The molecular formula is C43H36N4O6S2. The van der Waals surface area contributed by atoms with Gasteiger partial charge in [0.15, 0.2) is 0 Å². The molecule has 5 aromatic carbocycles. The van der Waals surface area contributed by atoms with Crippen LogP contribution in [0.4, 0.5) is 16.4 Å². The second-order valence-electron chi connectivity index (χ2n) is 12.1. The molecule has 1 heterocycles. The van der Waals surface area contributed by atoms with Crippen LogP contribution in [-0.2, 0) is 14.3 Å². The molecule has 4 amide bonds. The van der Waals surface area contributed by atoms with Crippen molar-refractivity contribution in [2.24, 2.45) is 0 Å². The molecule has 12 heteroatoms. The predicted octanol–water partition coefficient (Wildman–Crippen LogP) is 8.78. The maximum absolute atomic E-state index is 13.8. The first-order valence-electron chi connectivity index (χ1n) is 17.3. The average molecular weight is 769 g/mol. The summed E-state index contributed by atoms with van der Waals surface area (Å²) in [5.41, 5.74) is 2.76. The molecule has 0 aliphatic carbocycles. The Morgan fingerprint density at radius 1 is 0.727 bits per heavy atom. The molecule has 0 saturated heterocycles. The van der Waals surface area contributed by atoms with Gasteiger partial charge < -0.3 is 26.0 Å². The molecule has 0 saturated carbocycles. The molecular weight excluding hydrogens is 733 g/mol. The van der Waals surface area contributed by atoms with E-state index in [1.165, 1.54) is 11.8 Å². The summed E-state index contributed by atoms with van der Waals surface area (Å²) < 4.78 is 5.25. The lowest BCUT2D eigenvalue weighted by molar-refractivity contribution is -0.114. The summed E-state index contributed by atoms with van der Waals surface area (Å²) in [6.07, 6.45) is 1.65. The third-order valence-corrected chi connectivity index (χ3v) is 10.4. The lowest BCUT2D eigenvalue weighted by atomic mass is 10.0. The number of hydrogen-bond donors (Lipinski definition) is 4. The molecule has 6 rings (SSSR count). The number of thioether (sulfide) groups is 1. The molecule has 0 spiro atoms. The maximum atomic E-state index is 13.8. The fraction of sp³-hybridized carbons (Fsp3) is 0.0930. The summed E-state index contributed by atoms with van der Waals surface area (Å²) in [7, 11) is 0. The first-order chi connectivity index (χ1) is 26.7. The molecule has 0 unspecified atom stereocenters. The molecule has 0 aliphatic rings. The Bertz CT molecular complexity index is 2410. The van der Waals surface area contributed by atoms with Gasteiger partial charge in [0, 0.05) is 21.8 Å². The van der Waals surface area contributed by atoms with E-state index in [2.05, 4.69) is 21.3 Å². The molecule has 6 aromatic rings. The Kier molecular flexibility index (Phi) is 12.5. The maximum Gasteiger partial charge on any atom is 0.341 e. The van der Waals surface area contributed by atoms with Gasteiger partial charge >= 0.3 is 5.97 Å². The molecule has 55 heavy (non-hydrogen) atoms. The standard InChI is InChI=1S/C43H36N4O6S2/c1-3-53-43(52)37-27(2)38(41(51)44-31-19-8-5-9-20-31)55-42(37)47-36(48)26-54-33-22-13-21-32(25-33)45-40(50)35(46-39(49)29-15-6-4-7-16-29)24-30-18-12-17-28-14-10-11-23-34(28)30/h4-25H,3,26H2,1-2H3,(H,44,51)(H,45,50)(H,46,49)(H,47,48)/b35-24+. The number of thiophene rings is 1. The van der Waals surface area contributed by atoms with Crippen molar-refractivity contribution in [3.8, 4) is 0 Å². The Labute approximate surface area is 326 Å². The van der Waals surface area contributed by atoms with Crippen molar-refractivity contribution in [2.75, 3.05) is 28.3 Å². The van der Waals surface area contributed by atoms with E-state index in [-0.39, 0.29) is 33.5 Å². The van der Waals surface area contributed by atoms with E-state index in [0.29, 0.717) is 27.4 Å². The summed E-state index contributed by atoms with van der Waals surface area (Å²) in [6, 6.07) is 38.0. The van der Waals surface area contributed by atoms with E-state index in [1.807, 2.05) is 48.5 Å². The van der Waals surface area contributed by atoms with Gasteiger partial charge in [0.25, 0.3) is 17.7 Å². The fourth-order valence-corrected chi connectivity index (χ4v) is 7.49. The second-order valence-corrected chi connectivity index (χ2v) is 14.1. The van der Waals surface area contributed by atoms with Crippen LogP contribution >= 0.6 is 23.1 Å². The van der Waals surface area contributed by atoms with Gasteiger partial charge in [-0.3, -0.25) is 19.2 Å². The first kappa shape index (κ1) is 38.2. The molecule has 0 aliphatic heterocycles.